The number of aromatic nitrogens is 2. The lowest BCUT2D eigenvalue weighted by molar-refractivity contribution is -0.134. The summed E-state index contributed by atoms with van der Waals surface area (Å²) in [5.41, 5.74) is 4.57. The number of nitrogens with zero attached hydrogens (tertiary/aromatic N) is 4. The van der Waals surface area contributed by atoms with Crippen molar-refractivity contribution >= 4 is 29.4 Å². The first-order valence-corrected chi connectivity index (χ1v) is 14.3. The van der Waals surface area contributed by atoms with Crippen LogP contribution in [0.1, 0.15) is 54.0 Å². The predicted octanol–water partition coefficient (Wildman–Crippen LogP) is 4.95. The van der Waals surface area contributed by atoms with Gasteiger partial charge in [-0.05, 0) is 31.5 Å². The number of halogens is 1. The molecule has 0 N–H and O–H groups in total. The van der Waals surface area contributed by atoms with Crippen molar-refractivity contribution in [1.82, 2.24) is 14.7 Å². The molecule has 1 saturated heterocycles. The van der Waals surface area contributed by atoms with Gasteiger partial charge < -0.3 is 9.64 Å². The van der Waals surface area contributed by atoms with Crippen LogP contribution in [0.15, 0.2) is 42.5 Å². The van der Waals surface area contributed by atoms with Gasteiger partial charge in [-0.3, -0.25) is 14.5 Å². The third kappa shape index (κ3) is 5.34. The maximum atomic E-state index is 15.3. The fourth-order valence-electron chi connectivity index (χ4n) is 5.27. The third-order valence-electron chi connectivity index (χ3n) is 7.22. The highest BCUT2D eigenvalue weighted by Crippen LogP contribution is 2.49. The number of carbonyl (C=O) groups is 2. The van der Waals surface area contributed by atoms with Crippen molar-refractivity contribution in [3.63, 3.8) is 0 Å². The van der Waals surface area contributed by atoms with E-state index in [9.17, 15) is 9.59 Å². The molecule has 2 aliphatic heterocycles. The summed E-state index contributed by atoms with van der Waals surface area (Å²) < 4.78 is 22.5. The monoisotopic (exact) mass is 550 g/mol. The first kappa shape index (κ1) is 27.4. The molecule has 0 saturated carbocycles. The van der Waals surface area contributed by atoms with Gasteiger partial charge in [0.15, 0.2) is 0 Å². The third-order valence-corrected chi connectivity index (χ3v) is 8.46. The molecule has 0 bridgehead atoms. The van der Waals surface area contributed by atoms with Gasteiger partial charge in [-0.1, -0.05) is 56.7 Å². The highest BCUT2D eigenvalue weighted by Gasteiger charge is 2.41. The first-order valence-electron chi connectivity index (χ1n) is 13.3. The van der Waals surface area contributed by atoms with E-state index in [1.165, 1.54) is 17.8 Å². The van der Waals surface area contributed by atoms with Crippen molar-refractivity contribution in [3.05, 3.63) is 76.2 Å². The smallest absolute Gasteiger partial charge is 0.242 e. The minimum absolute atomic E-state index is 0.112. The van der Waals surface area contributed by atoms with E-state index in [-0.39, 0.29) is 29.9 Å². The van der Waals surface area contributed by atoms with Crippen LogP contribution in [0, 0.1) is 19.7 Å². The zero-order valence-corrected chi connectivity index (χ0v) is 24.0. The summed E-state index contributed by atoms with van der Waals surface area (Å²) >= 11 is 1.38. The first-order chi connectivity index (χ1) is 18.6. The van der Waals surface area contributed by atoms with Crippen LogP contribution in [-0.4, -0.2) is 65.1 Å². The summed E-state index contributed by atoms with van der Waals surface area (Å²) in [6, 6.07) is 12.8. The van der Waals surface area contributed by atoms with Gasteiger partial charge in [-0.2, -0.15) is 5.10 Å². The number of rotatable bonds is 4. The highest BCUT2D eigenvalue weighted by molar-refractivity contribution is 8.00. The van der Waals surface area contributed by atoms with Crippen molar-refractivity contribution in [2.45, 2.75) is 45.3 Å². The number of morpholine rings is 1. The normalized spacial score (nSPS) is 18.2. The van der Waals surface area contributed by atoms with Gasteiger partial charge in [0.2, 0.25) is 11.8 Å². The van der Waals surface area contributed by atoms with E-state index in [0.717, 1.165) is 28.1 Å². The molecule has 2 aliphatic rings. The maximum Gasteiger partial charge on any atom is 0.242 e. The van der Waals surface area contributed by atoms with Crippen LogP contribution in [0.3, 0.4) is 0 Å². The molecule has 3 aromatic rings. The number of thioether (sulfide) groups is 1. The fourth-order valence-corrected chi connectivity index (χ4v) is 6.48. The van der Waals surface area contributed by atoms with Crippen LogP contribution >= 0.6 is 11.8 Å². The molecule has 0 aliphatic carbocycles. The second-order valence-electron chi connectivity index (χ2n) is 11.2. The number of hydrogen-bond acceptors (Lipinski definition) is 5. The van der Waals surface area contributed by atoms with E-state index in [1.54, 1.807) is 26.6 Å². The average Bonchev–Trinajstić information content (AvgIpc) is 3.23. The van der Waals surface area contributed by atoms with Crippen molar-refractivity contribution < 1.29 is 18.7 Å². The Morgan fingerprint density at radius 3 is 2.51 bits per heavy atom. The van der Waals surface area contributed by atoms with Gasteiger partial charge in [0.1, 0.15) is 18.2 Å². The van der Waals surface area contributed by atoms with Gasteiger partial charge in [-0.15, -0.1) is 11.8 Å². The Bertz CT molecular complexity index is 1410. The molecule has 2 aromatic carbocycles. The molecule has 7 nitrogen and oxygen atoms in total. The van der Waals surface area contributed by atoms with Crippen LogP contribution in [0.5, 0.6) is 0 Å². The quantitative estimate of drug-likeness (QED) is 0.460. The number of anilines is 1. The Hall–Kier alpha value is -3.17. The Morgan fingerprint density at radius 2 is 1.85 bits per heavy atom. The molecule has 2 amide bonds. The molecule has 206 valence electrons. The van der Waals surface area contributed by atoms with Crippen molar-refractivity contribution in [2.75, 3.05) is 43.5 Å². The molecule has 1 unspecified atom stereocenters. The topological polar surface area (TPSA) is 67.7 Å². The van der Waals surface area contributed by atoms with E-state index in [1.807, 2.05) is 32.0 Å². The minimum Gasteiger partial charge on any atom is -0.378 e. The van der Waals surface area contributed by atoms with E-state index >= 15 is 4.39 Å². The molecule has 0 spiro atoms. The predicted molar refractivity (Wildman–Crippen MR) is 152 cm³/mol. The Balaban J connectivity index is 1.76. The average molecular weight is 551 g/mol. The lowest BCUT2D eigenvalue weighted by atomic mass is 9.87. The lowest BCUT2D eigenvalue weighted by Gasteiger charge is -2.30. The second kappa shape index (κ2) is 10.8. The zero-order valence-electron chi connectivity index (χ0n) is 23.2. The Labute approximate surface area is 233 Å². The van der Waals surface area contributed by atoms with Crippen LogP contribution < -0.4 is 4.90 Å². The Kier molecular flexibility index (Phi) is 7.57. The standard InChI is InChI=1S/C30H35FN4O3S/c1-19-10-11-23(20(2)16-19)35-29-26(28(32-35)30(3,4)5)27(21-8-6-7-9-22(21)31)39-18-25(37)34(29)17-24(36)33-12-14-38-15-13-33/h6-11,16,27H,12-15,17-18H2,1-5H3. The van der Waals surface area contributed by atoms with Crippen molar-refractivity contribution in [3.8, 4) is 5.69 Å². The second-order valence-corrected chi connectivity index (χ2v) is 12.3. The van der Waals surface area contributed by atoms with Gasteiger partial charge in [0.25, 0.3) is 0 Å². The summed E-state index contributed by atoms with van der Waals surface area (Å²) in [6.07, 6.45) is 0. The molecule has 3 heterocycles. The number of amides is 2. The number of benzene rings is 2. The maximum absolute atomic E-state index is 15.3. The van der Waals surface area contributed by atoms with Gasteiger partial charge in [0.05, 0.1) is 35.6 Å². The Morgan fingerprint density at radius 1 is 1.13 bits per heavy atom. The van der Waals surface area contributed by atoms with E-state index in [0.29, 0.717) is 37.7 Å². The van der Waals surface area contributed by atoms with Crippen LogP contribution in [0.4, 0.5) is 10.2 Å². The number of fused-ring (bicyclic) bond motifs is 1. The number of ether oxygens (including phenoxy) is 1. The van der Waals surface area contributed by atoms with Gasteiger partial charge >= 0.3 is 0 Å². The summed E-state index contributed by atoms with van der Waals surface area (Å²) in [7, 11) is 0. The van der Waals surface area contributed by atoms with Gasteiger partial charge in [0, 0.05) is 29.6 Å². The summed E-state index contributed by atoms with van der Waals surface area (Å²) in [5, 5.41) is 4.65. The molecule has 5 rings (SSSR count). The molecule has 1 fully saturated rings. The van der Waals surface area contributed by atoms with Crippen molar-refractivity contribution in [2.24, 2.45) is 0 Å². The fraction of sp³-hybridized carbons (Fsp3) is 0.433. The summed E-state index contributed by atoms with van der Waals surface area (Å²) in [6.45, 7) is 12.1. The van der Waals surface area contributed by atoms with Crippen LogP contribution in [-0.2, 0) is 19.7 Å². The van der Waals surface area contributed by atoms with E-state index < -0.39 is 10.7 Å². The van der Waals surface area contributed by atoms with Gasteiger partial charge in [-0.25, -0.2) is 9.07 Å². The molecule has 1 aromatic heterocycles. The molecule has 1 atom stereocenters. The largest absolute Gasteiger partial charge is 0.378 e. The zero-order chi connectivity index (χ0) is 27.9. The lowest BCUT2D eigenvalue weighted by Crippen LogP contribution is -2.48. The minimum atomic E-state index is -0.470. The molecule has 39 heavy (non-hydrogen) atoms. The number of aryl methyl sites for hydroxylation is 2. The molecular weight excluding hydrogens is 515 g/mol. The van der Waals surface area contributed by atoms with Crippen LogP contribution in [0.2, 0.25) is 0 Å². The molecule has 9 heteroatoms. The number of hydrogen-bond donors (Lipinski definition) is 0. The molecule has 0 radical (unpaired) electrons. The van der Waals surface area contributed by atoms with Crippen molar-refractivity contribution in [1.29, 1.82) is 0 Å². The SMILES string of the molecule is Cc1ccc(-n2nc(C(C)(C)C)c3c2N(CC(=O)N2CCOCC2)C(=O)CSC3c2ccccc2F)c(C)c1. The summed E-state index contributed by atoms with van der Waals surface area (Å²) in [4.78, 5) is 30.6. The van der Waals surface area contributed by atoms with E-state index in [4.69, 9.17) is 9.84 Å². The van der Waals surface area contributed by atoms with Crippen LogP contribution in [0.25, 0.3) is 5.69 Å². The van der Waals surface area contributed by atoms with E-state index in [2.05, 4.69) is 26.8 Å². The highest BCUT2D eigenvalue weighted by atomic mass is 32.2. The molecular formula is C30H35FN4O3S. The summed E-state index contributed by atoms with van der Waals surface area (Å²) in [5.74, 6) is -0.0200. The number of carbonyl (C=O) groups excluding carboxylic acids is 2.